The van der Waals surface area contributed by atoms with Crippen LogP contribution in [0.5, 0.6) is 0 Å². The van der Waals surface area contributed by atoms with Crippen molar-refractivity contribution in [1.29, 1.82) is 0 Å². The Morgan fingerprint density at radius 2 is 1.76 bits per heavy atom. The van der Waals surface area contributed by atoms with E-state index in [0.29, 0.717) is 12.2 Å². The maximum absolute atomic E-state index is 11.8. The highest BCUT2D eigenvalue weighted by Gasteiger charge is 2.35. The van der Waals surface area contributed by atoms with Crippen LogP contribution in [-0.4, -0.2) is 29.6 Å². The molecular weight excluding hydrogens is 310 g/mol. The fourth-order valence-electron chi connectivity index (χ4n) is 3.39. The fraction of sp³-hybridized carbons (Fsp3) is 0.318. The second kappa shape index (κ2) is 7.24. The fourth-order valence-corrected chi connectivity index (χ4v) is 3.39. The van der Waals surface area contributed by atoms with E-state index in [4.69, 9.17) is 4.74 Å². The Morgan fingerprint density at radius 1 is 1.08 bits per heavy atom. The number of esters is 1. The van der Waals surface area contributed by atoms with Crippen molar-refractivity contribution in [2.24, 2.45) is 0 Å². The van der Waals surface area contributed by atoms with E-state index in [0.717, 1.165) is 18.7 Å². The lowest BCUT2D eigenvalue weighted by Crippen LogP contribution is -2.39. The Bertz CT molecular complexity index is 760. The average Bonchev–Trinajstić information content (AvgIpc) is 2.91. The number of benzene rings is 2. The van der Waals surface area contributed by atoms with E-state index in [-0.39, 0.29) is 11.5 Å². The van der Waals surface area contributed by atoms with Crippen LogP contribution in [0.4, 0.5) is 0 Å². The molecule has 1 aliphatic heterocycles. The molecule has 2 aromatic rings. The predicted molar refractivity (Wildman–Crippen MR) is 101 cm³/mol. The summed E-state index contributed by atoms with van der Waals surface area (Å²) in [7, 11) is 0. The highest BCUT2D eigenvalue weighted by Crippen LogP contribution is 2.37. The summed E-state index contributed by atoms with van der Waals surface area (Å²) in [6.07, 6.45) is 2.29. The molecule has 0 atom stereocenters. The number of hydrogen-bond donors (Lipinski definition) is 0. The van der Waals surface area contributed by atoms with Crippen LogP contribution in [0, 0.1) is 0 Å². The van der Waals surface area contributed by atoms with Crippen molar-refractivity contribution in [2.75, 3.05) is 13.2 Å². The van der Waals surface area contributed by atoms with Crippen molar-refractivity contribution >= 4 is 11.5 Å². The summed E-state index contributed by atoms with van der Waals surface area (Å²) in [4.78, 5) is 14.3. The summed E-state index contributed by atoms with van der Waals surface area (Å²) in [6, 6.07) is 18.3. The number of nitrogens with zero attached hydrogens (tertiary/aromatic N) is 1. The van der Waals surface area contributed by atoms with Gasteiger partial charge in [-0.3, -0.25) is 4.90 Å². The average molecular weight is 335 g/mol. The van der Waals surface area contributed by atoms with Gasteiger partial charge in [0, 0.05) is 18.6 Å². The van der Waals surface area contributed by atoms with Gasteiger partial charge in [-0.2, -0.15) is 0 Å². The van der Waals surface area contributed by atoms with E-state index in [1.807, 2.05) is 37.3 Å². The zero-order chi connectivity index (χ0) is 17.9. The third-order valence-corrected chi connectivity index (χ3v) is 4.89. The molecular formula is C22H25NO2. The monoisotopic (exact) mass is 335 g/mol. The largest absolute Gasteiger partial charge is 0.462 e. The van der Waals surface area contributed by atoms with Crippen molar-refractivity contribution in [3.8, 4) is 0 Å². The molecule has 130 valence electrons. The van der Waals surface area contributed by atoms with Gasteiger partial charge in [-0.25, -0.2) is 4.79 Å². The van der Waals surface area contributed by atoms with Crippen molar-refractivity contribution in [2.45, 2.75) is 32.9 Å². The Balaban J connectivity index is 1.76. The Hall–Kier alpha value is -2.39. The van der Waals surface area contributed by atoms with Crippen LogP contribution in [0.25, 0.3) is 5.57 Å². The summed E-state index contributed by atoms with van der Waals surface area (Å²) >= 11 is 0. The summed E-state index contributed by atoms with van der Waals surface area (Å²) in [5, 5.41) is 0. The van der Waals surface area contributed by atoms with Crippen LogP contribution in [0.2, 0.25) is 0 Å². The third kappa shape index (κ3) is 3.67. The quantitative estimate of drug-likeness (QED) is 0.751. The second-order valence-electron chi connectivity index (χ2n) is 6.84. The molecule has 0 aliphatic carbocycles. The number of rotatable bonds is 5. The van der Waals surface area contributed by atoms with Gasteiger partial charge in [-0.15, -0.1) is 0 Å². The Kier molecular flexibility index (Phi) is 5.05. The van der Waals surface area contributed by atoms with Crippen LogP contribution in [-0.2, 0) is 11.3 Å². The molecule has 0 amide bonds. The number of ether oxygens (including phenoxy) is 1. The second-order valence-corrected chi connectivity index (χ2v) is 6.84. The molecule has 0 fully saturated rings. The summed E-state index contributed by atoms with van der Waals surface area (Å²) in [5.41, 5.74) is 4.33. The molecule has 0 spiro atoms. The molecule has 0 bridgehead atoms. The minimum Gasteiger partial charge on any atom is -0.462 e. The molecule has 3 nitrogen and oxygen atoms in total. The molecule has 0 saturated carbocycles. The van der Waals surface area contributed by atoms with E-state index >= 15 is 0 Å². The first-order valence-electron chi connectivity index (χ1n) is 8.79. The van der Waals surface area contributed by atoms with Crippen LogP contribution < -0.4 is 0 Å². The van der Waals surface area contributed by atoms with E-state index in [9.17, 15) is 4.79 Å². The highest BCUT2D eigenvalue weighted by molar-refractivity contribution is 5.90. The number of hydrogen-bond acceptors (Lipinski definition) is 3. The molecule has 3 rings (SSSR count). The van der Waals surface area contributed by atoms with Gasteiger partial charge in [0.2, 0.25) is 0 Å². The van der Waals surface area contributed by atoms with Crippen molar-refractivity contribution in [3.63, 3.8) is 0 Å². The number of carbonyl (C=O) groups excluding carboxylic acids is 1. The van der Waals surface area contributed by atoms with Crippen LogP contribution in [0.15, 0.2) is 60.7 Å². The first-order chi connectivity index (χ1) is 12.0. The van der Waals surface area contributed by atoms with Gasteiger partial charge in [0.05, 0.1) is 12.2 Å². The molecule has 0 N–H and O–H groups in total. The van der Waals surface area contributed by atoms with Gasteiger partial charge in [-0.05, 0) is 49.6 Å². The molecule has 0 saturated heterocycles. The Morgan fingerprint density at radius 3 is 2.40 bits per heavy atom. The van der Waals surface area contributed by atoms with Gasteiger partial charge in [-0.1, -0.05) is 48.5 Å². The van der Waals surface area contributed by atoms with Gasteiger partial charge in [0.1, 0.15) is 0 Å². The van der Waals surface area contributed by atoms with E-state index < -0.39 is 0 Å². The molecule has 0 radical (unpaired) electrons. The Labute approximate surface area is 149 Å². The first kappa shape index (κ1) is 17.4. The molecule has 1 heterocycles. The first-order valence-corrected chi connectivity index (χ1v) is 8.79. The summed E-state index contributed by atoms with van der Waals surface area (Å²) in [5.74, 6) is -0.264. The van der Waals surface area contributed by atoms with Gasteiger partial charge < -0.3 is 4.74 Å². The zero-order valence-corrected chi connectivity index (χ0v) is 15.2. The molecule has 3 heteroatoms. The van der Waals surface area contributed by atoms with Crippen molar-refractivity contribution in [1.82, 2.24) is 4.90 Å². The normalized spacial score (nSPS) is 16.5. The number of carbonyl (C=O) groups is 1. The predicted octanol–water partition coefficient (Wildman–Crippen LogP) is 4.54. The SMILES string of the molecule is CCOC(=O)c1ccc(C2=CCN(Cc3ccccc3)C2(C)C)cc1. The molecule has 2 aromatic carbocycles. The minimum atomic E-state index is -0.264. The third-order valence-electron chi connectivity index (χ3n) is 4.89. The van der Waals surface area contributed by atoms with Crippen LogP contribution in [0.3, 0.4) is 0 Å². The van der Waals surface area contributed by atoms with Gasteiger partial charge in [0.25, 0.3) is 0 Å². The molecule has 0 aromatic heterocycles. The lowest BCUT2D eigenvalue weighted by Gasteiger charge is -2.35. The van der Waals surface area contributed by atoms with Crippen molar-refractivity contribution in [3.05, 3.63) is 77.4 Å². The van der Waals surface area contributed by atoms with Crippen molar-refractivity contribution < 1.29 is 9.53 Å². The van der Waals surface area contributed by atoms with E-state index in [1.54, 1.807) is 0 Å². The lowest BCUT2D eigenvalue weighted by molar-refractivity contribution is 0.0526. The zero-order valence-electron chi connectivity index (χ0n) is 15.2. The summed E-state index contributed by atoms with van der Waals surface area (Å²) in [6.45, 7) is 8.58. The topological polar surface area (TPSA) is 29.5 Å². The van der Waals surface area contributed by atoms with Crippen LogP contribution in [0.1, 0.15) is 42.3 Å². The molecule has 25 heavy (non-hydrogen) atoms. The van der Waals surface area contributed by atoms with Gasteiger partial charge >= 0.3 is 5.97 Å². The lowest BCUT2D eigenvalue weighted by atomic mass is 9.89. The summed E-state index contributed by atoms with van der Waals surface area (Å²) < 4.78 is 5.06. The smallest absolute Gasteiger partial charge is 0.338 e. The standard InChI is InChI=1S/C22H25NO2/c1-4-25-21(24)19-12-10-18(11-13-19)20-14-15-23(22(20,2)3)16-17-8-6-5-7-9-17/h5-14H,4,15-16H2,1-3H3. The van der Waals surface area contributed by atoms with E-state index in [1.165, 1.54) is 11.1 Å². The molecule has 0 unspecified atom stereocenters. The maximum atomic E-state index is 11.8. The highest BCUT2D eigenvalue weighted by atomic mass is 16.5. The maximum Gasteiger partial charge on any atom is 0.338 e. The minimum absolute atomic E-state index is 0.0543. The van der Waals surface area contributed by atoms with Gasteiger partial charge in [0.15, 0.2) is 0 Å². The van der Waals surface area contributed by atoms with Crippen LogP contribution >= 0.6 is 0 Å². The molecule has 1 aliphatic rings. The van der Waals surface area contributed by atoms with E-state index in [2.05, 4.69) is 49.1 Å².